The number of aromatic carboxylic acids is 1. The molecule has 0 aliphatic carbocycles. The highest BCUT2D eigenvalue weighted by Gasteiger charge is 2.19. The minimum absolute atomic E-state index is 0.157. The lowest BCUT2D eigenvalue weighted by Crippen LogP contribution is -2.18. The number of H-pyrrole nitrogens is 1. The van der Waals surface area contributed by atoms with Crippen LogP contribution in [0, 0.1) is 6.92 Å². The van der Waals surface area contributed by atoms with E-state index in [4.69, 9.17) is 5.11 Å². The Kier molecular flexibility index (Phi) is 3.71. The van der Waals surface area contributed by atoms with Crippen LogP contribution in [-0.4, -0.2) is 21.2 Å². The van der Waals surface area contributed by atoms with Gasteiger partial charge in [0.25, 0.3) is 5.56 Å². The average Bonchev–Trinajstić information content (AvgIpc) is 2.16. The van der Waals surface area contributed by atoms with Gasteiger partial charge in [0.1, 0.15) is 11.3 Å². The average molecular weight is 225 g/mol. The highest BCUT2D eigenvalue weighted by atomic mass is 16.4. The Morgan fingerprint density at radius 2 is 2.06 bits per heavy atom. The number of carboxylic acid groups (broad SMARTS) is 1. The van der Waals surface area contributed by atoms with E-state index in [0.717, 1.165) is 12.8 Å². The van der Waals surface area contributed by atoms with Gasteiger partial charge in [-0.2, -0.15) is 0 Å². The van der Waals surface area contributed by atoms with Gasteiger partial charge in [0.2, 0.25) is 0 Å². The van der Waals surface area contributed by atoms with Gasteiger partial charge < -0.3 is 15.2 Å². The molecule has 0 saturated heterocycles. The summed E-state index contributed by atoms with van der Waals surface area (Å²) in [6, 6.07) is 0. The van der Waals surface area contributed by atoms with E-state index in [1.54, 1.807) is 0 Å². The summed E-state index contributed by atoms with van der Waals surface area (Å²) in [5, 5.41) is 18.7. The Bertz CT molecular complexity index is 462. The molecule has 0 bridgehead atoms. The zero-order valence-electron chi connectivity index (χ0n) is 9.33. The van der Waals surface area contributed by atoms with Crippen molar-refractivity contribution in [1.29, 1.82) is 0 Å². The molecule has 0 atom stereocenters. The molecule has 0 radical (unpaired) electrons. The second kappa shape index (κ2) is 4.83. The first-order valence-electron chi connectivity index (χ1n) is 5.17. The van der Waals surface area contributed by atoms with Gasteiger partial charge in [-0.3, -0.25) is 4.79 Å². The number of aromatic nitrogens is 1. The molecule has 0 spiro atoms. The van der Waals surface area contributed by atoms with Crippen LogP contribution in [0.15, 0.2) is 4.79 Å². The summed E-state index contributed by atoms with van der Waals surface area (Å²) in [7, 11) is 0. The third-order valence-electron chi connectivity index (χ3n) is 2.47. The van der Waals surface area contributed by atoms with Gasteiger partial charge in [-0.05, 0) is 19.8 Å². The maximum absolute atomic E-state index is 11.5. The monoisotopic (exact) mass is 225 g/mol. The van der Waals surface area contributed by atoms with E-state index >= 15 is 0 Å². The number of pyridine rings is 1. The molecular weight excluding hydrogens is 210 g/mol. The lowest BCUT2D eigenvalue weighted by molar-refractivity contribution is 0.0692. The number of carbonyl (C=O) groups is 1. The molecule has 0 amide bonds. The molecule has 1 rings (SSSR count). The van der Waals surface area contributed by atoms with Crippen LogP contribution in [0.1, 0.15) is 41.4 Å². The number of hydrogen-bond acceptors (Lipinski definition) is 3. The number of aryl methyl sites for hydroxylation is 1. The lowest BCUT2D eigenvalue weighted by atomic mass is 10.0. The van der Waals surface area contributed by atoms with Gasteiger partial charge in [0.05, 0.1) is 5.56 Å². The first-order valence-corrected chi connectivity index (χ1v) is 5.17. The molecule has 3 N–H and O–H groups in total. The number of carboxylic acids is 1. The summed E-state index contributed by atoms with van der Waals surface area (Å²) in [5.74, 6) is -1.63. The van der Waals surface area contributed by atoms with Crippen LogP contribution < -0.4 is 5.56 Å². The Morgan fingerprint density at radius 3 is 2.56 bits per heavy atom. The van der Waals surface area contributed by atoms with E-state index in [0.29, 0.717) is 6.42 Å². The molecule has 5 heteroatoms. The predicted octanol–water partition coefficient (Wildman–Crippen LogP) is 1.43. The van der Waals surface area contributed by atoms with Crippen LogP contribution in [0.5, 0.6) is 5.75 Å². The highest BCUT2D eigenvalue weighted by Crippen LogP contribution is 2.22. The van der Waals surface area contributed by atoms with Crippen LogP contribution in [0.25, 0.3) is 0 Å². The molecule has 0 fully saturated rings. The fourth-order valence-electron chi connectivity index (χ4n) is 1.59. The smallest absolute Gasteiger partial charge is 0.341 e. The molecule has 1 aromatic rings. The fourth-order valence-corrected chi connectivity index (χ4v) is 1.59. The molecule has 1 aromatic heterocycles. The largest absolute Gasteiger partial charge is 0.506 e. The molecule has 1 heterocycles. The van der Waals surface area contributed by atoms with Crippen molar-refractivity contribution in [3.05, 3.63) is 27.2 Å². The summed E-state index contributed by atoms with van der Waals surface area (Å²) >= 11 is 0. The van der Waals surface area contributed by atoms with Gasteiger partial charge in [-0.15, -0.1) is 0 Å². The van der Waals surface area contributed by atoms with Crippen LogP contribution in [0.3, 0.4) is 0 Å². The molecule has 0 unspecified atom stereocenters. The quantitative estimate of drug-likeness (QED) is 0.723. The minimum Gasteiger partial charge on any atom is -0.506 e. The van der Waals surface area contributed by atoms with Crippen LogP contribution in [-0.2, 0) is 6.42 Å². The topological polar surface area (TPSA) is 90.4 Å². The van der Waals surface area contributed by atoms with Crippen molar-refractivity contribution in [1.82, 2.24) is 4.98 Å². The van der Waals surface area contributed by atoms with Crippen LogP contribution in [0.4, 0.5) is 0 Å². The van der Waals surface area contributed by atoms with Gasteiger partial charge in [0.15, 0.2) is 0 Å². The van der Waals surface area contributed by atoms with Gasteiger partial charge in [-0.1, -0.05) is 13.3 Å². The van der Waals surface area contributed by atoms with Crippen LogP contribution >= 0.6 is 0 Å². The van der Waals surface area contributed by atoms with Crippen molar-refractivity contribution in [2.24, 2.45) is 0 Å². The van der Waals surface area contributed by atoms with Crippen molar-refractivity contribution < 1.29 is 15.0 Å². The number of hydrogen-bond donors (Lipinski definition) is 3. The molecular formula is C11H15NO4. The maximum Gasteiger partial charge on any atom is 0.341 e. The van der Waals surface area contributed by atoms with Gasteiger partial charge in [0, 0.05) is 5.69 Å². The molecule has 0 aromatic carbocycles. The standard InChI is InChI=1S/C11H15NO4/c1-3-4-5-7-9(13)8(11(15)16)6(2)12-10(7)14/h3-5H2,1-2H3,(H,15,16)(H2,12,13,14). The van der Waals surface area contributed by atoms with Crippen molar-refractivity contribution >= 4 is 5.97 Å². The lowest BCUT2D eigenvalue weighted by Gasteiger charge is -2.08. The van der Waals surface area contributed by atoms with Crippen molar-refractivity contribution in [3.8, 4) is 5.75 Å². The molecule has 5 nitrogen and oxygen atoms in total. The first-order chi connectivity index (χ1) is 7.49. The number of aromatic hydroxyl groups is 1. The Labute approximate surface area is 92.8 Å². The molecule has 0 saturated carbocycles. The zero-order valence-corrected chi connectivity index (χ0v) is 9.33. The van der Waals surface area contributed by atoms with E-state index < -0.39 is 17.3 Å². The molecule has 16 heavy (non-hydrogen) atoms. The summed E-state index contributed by atoms with van der Waals surface area (Å²) in [6.07, 6.45) is 1.99. The summed E-state index contributed by atoms with van der Waals surface area (Å²) in [5.41, 5.74) is -0.292. The third kappa shape index (κ3) is 2.24. The number of aromatic amines is 1. The maximum atomic E-state index is 11.5. The van der Waals surface area contributed by atoms with Crippen molar-refractivity contribution in [2.75, 3.05) is 0 Å². The highest BCUT2D eigenvalue weighted by molar-refractivity contribution is 5.92. The van der Waals surface area contributed by atoms with Crippen LogP contribution in [0.2, 0.25) is 0 Å². The van der Waals surface area contributed by atoms with E-state index in [1.807, 2.05) is 6.92 Å². The van der Waals surface area contributed by atoms with E-state index in [1.165, 1.54) is 6.92 Å². The SMILES string of the molecule is CCCCc1c(O)c(C(=O)O)c(C)[nH]c1=O. The zero-order chi connectivity index (χ0) is 12.3. The predicted molar refractivity (Wildman–Crippen MR) is 59.0 cm³/mol. The van der Waals surface area contributed by atoms with Gasteiger partial charge in [-0.25, -0.2) is 4.79 Å². The number of rotatable bonds is 4. The third-order valence-corrected chi connectivity index (χ3v) is 2.47. The summed E-state index contributed by atoms with van der Waals surface area (Å²) in [4.78, 5) is 24.9. The van der Waals surface area contributed by atoms with Crippen molar-refractivity contribution in [2.45, 2.75) is 33.1 Å². The Balaban J connectivity index is 3.33. The summed E-state index contributed by atoms with van der Waals surface area (Å²) in [6.45, 7) is 3.41. The number of nitrogens with one attached hydrogen (secondary N) is 1. The van der Waals surface area contributed by atoms with E-state index in [2.05, 4.69) is 4.98 Å². The minimum atomic E-state index is -1.23. The van der Waals surface area contributed by atoms with Crippen molar-refractivity contribution in [3.63, 3.8) is 0 Å². The van der Waals surface area contributed by atoms with E-state index in [-0.39, 0.29) is 16.8 Å². The second-order valence-electron chi connectivity index (χ2n) is 3.69. The van der Waals surface area contributed by atoms with Gasteiger partial charge >= 0.3 is 5.97 Å². The fraction of sp³-hybridized carbons (Fsp3) is 0.455. The summed E-state index contributed by atoms with van der Waals surface area (Å²) < 4.78 is 0. The second-order valence-corrected chi connectivity index (χ2v) is 3.69. The normalized spacial score (nSPS) is 10.4. The molecule has 88 valence electrons. The Hall–Kier alpha value is -1.78. The van der Waals surface area contributed by atoms with E-state index in [9.17, 15) is 14.7 Å². The molecule has 0 aliphatic rings. The first kappa shape index (κ1) is 12.3. The Morgan fingerprint density at radius 1 is 1.44 bits per heavy atom. The molecule has 0 aliphatic heterocycles. The number of unbranched alkanes of at least 4 members (excludes halogenated alkanes) is 1.